The summed E-state index contributed by atoms with van der Waals surface area (Å²) < 4.78 is 38.5. The topological polar surface area (TPSA) is 32.3 Å². The number of benzene rings is 1. The molecule has 1 atom stereocenters. The largest absolute Gasteiger partial charge is 0.393 e. The summed E-state index contributed by atoms with van der Waals surface area (Å²) in [5, 5.41) is 0.748. The van der Waals surface area contributed by atoms with Gasteiger partial charge in [0.2, 0.25) is 0 Å². The maximum absolute atomic E-state index is 12.8. The van der Waals surface area contributed by atoms with E-state index in [2.05, 4.69) is 57.9 Å². The van der Waals surface area contributed by atoms with E-state index in [1.165, 1.54) is 17.5 Å². The normalized spacial score (nSPS) is 19.6. The minimum absolute atomic E-state index is 0.254. The van der Waals surface area contributed by atoms with Crippen molar-refractivity contribution in [2.45, 2.75) is 45.3 Å². The van der Waals surface area contributed by atoms with Gasteiger partial charge >= 0.3 is 6.18 Å². The van der Waals surface area contributed by atoms with E-state index in [1.54, 1.807) is 6.07 Å². The maximum atomic E-state index is 12.8. The summed E-state index contributed by atoms with van der Waals surface area (Å²) in [6.07, 6.45) is -1.51. The van der Waals surface area contributed by atoms with Crippen molar-refractivity contribution in [1.29, 1.82) is 0 Å². The standard InChI is InChI=1S/C24H27F3N4S/c1-16-3-5-18(6-4-16)9-17(2)31-13-23(14-31)7-8-30(12-23)21-20-10-19(11-24(25,26)27)32-22(20)29-15-28-21/h3-6,10,15,17H,7-9,11-14H2,1-2H3. The highest BCUT2D eigenvalue weighted by atomic mass is 32.1. The van der Waals surface area contributed by atoms with Crippen molar-refractivity contribution in [3.05, 3.63) is 52.7 Å². The predicted molar refractivity (Wildman–Crippen MR) is 122 cm³/mol. The lowest BCUT2D eigenvalue weighted by atomic mass is 9.78. The highest BCUT2D eigenvalue weighted by Gasteiger charge is 2.49. The lowest BCUT2D eigenvalue weighted by Gasteiger charge is -2.51. The Morgan fingerprint density at radius 2 is 1.88 bits per heavy atom. The highest BCUT2D eigenvalue weighted by Crippen LogP contribution is 2.43. The van der Waals surface area contributed by atoms with Gasteiger partial charge < -0.3 is 4.90 Å². The van der Waals surface area contributed by atoms with Gasteiger partial charge in [-0.15, -0.1) is 11.3 Å². The van der Waals surface area contributed by atoms with Crippen molar-refractivity contribution < 1.29 is 13.2 Å². The quantitative estimate of drug-likeness (QED) is 0.521. The van der Waals surface area contributed by atoms with Gasteiger partial charge in [0.05, 0.1) is 11.8 Å². The lowest BCUT2D eigenvalue weighted by molar-refractivity contribution is -0.126. The number of fused-ring (bicyclic) bond motifs is 1. The molecule has 2 saturated heterocycles. The van der Waals surface area contributed by atoms with Crippen molar-refractivity contribution in [2.24, 2.45) is 5.41 Å². The average Bonchev–Trinajstić information content (AvgIpc) is 3.31. The minimum Gasteiger partial charge on any atom is -0.355 e. The molecule has 0 radical (unpaired) electrons. The van der Waals surface area contributed by atoms with Crippen molar-refractivity contribution in [3.8, 4) is 0 Å². The van der Waals surface area contributed by atoms with Crippen LogP contribution in [-0.2, 0) is 12.8 Å². The summed E-state index contributed by atoms with van der Waals surface area (Å²) >= 11 is 1.12. The number of likely N-dealkylation sites (tertiary alicyclic amines) is 1. The van der Waals surface area contributed by atoms with E-state index < -0.39 is 12.6 Å². The molecular weight excluding hydrogens is 433 g/mol. The van der Waals surface area contributed by atoms with E-state index >= 15 is 0 Å². The molecule has 2 aromatic heterocycles. The molecule has 8 heteroatoms. The van der Waals surface area contributed by atoms with E-state index in [0.29, 0.717) is 15.7 Å². The summed E-state index contributed by atoms with van der Waals surface area (Å²) in [6, 6.07) is 10.9. The molecule has 0 N–H and O–H groups in total. The zero-order valence-electron chi connectivity index (χ0n) is 18.3. The molecule has 0 aliphatic carbocycles. The third kappa shape index (κ3) is 4.35. The van der Waals surface area contributed by atoms with Gasteiger partial charge in [-0.2, -0.15) is 13.2 Å². The number of aryl methyl sites for hydroxylation is 1. The summed E-state index contributed by atoms with van der Waals surface area (Å²) in [7, 11) is 0. The fourth-order valence-electron chi connectivity index (χ4n) is 5.13. The molecule has 2 fully saturated rings. The van der Waals surface area contributed by atoms with E-state index in [0.717, 1.165) is 61.6 Å². The van der Waals surface area contributed by atoms with Crippen molar-refractivity contribution in [2.75, 3.05) is 31.1 Å². The molecule has 32 heavy (non-hydrogen) atoms. The molecule has 0 amide bonds. The molecule has 1 unspecified atom stereocenters. The third-order valence-electron chi connectivity index (χ3n) is 6.82. The Hall–Kier alpha value is -2.19. The van der Waals surface area contributed by atoms with E-state index in [-0.39, 0.29) is 5.41 Å². The van der Waals surface area contributed by atoms with Crippen LogP contribution in [0.15, 0.2) is 36.7 Å². The van der Waals surface area contributed by atoms with Gasteiger partial charge in [-0.25, -0.2) is 9.97 Å². The second-order valence-corrected chi connectivity index (χ2v) is 10.7. The first-order valence-corrected chi connectivity index (χ1v) is 11.9. The molecule has 0 bridgehead atoms. The van der Waals surface area contributed by atoms with Crippen LogP contribution in [-0.4, -0.2) is 53.3 Å². The number of rotatable bonds is 5. The molecule has 1 aromatic carbocycles. The fraction of sp³-hybridized carbons (Fsp3) is 0.500. The molecule has 2 aliphatic rings. The van der Waals surface area contributed by atoms with Gasteiger partial charge in [0, 0.05) is 42.5 Å². The summed E-state index contributed by atoms with van der Waals surface area (Å²) in [4.78, 5) is 14.4. The van der Waals surface area contributed by atoms with Crippen LogP contribution >= 0.6 is 11.3 Å². The van der Waals surface area contributed by atoms with Crippen molar-refractivity contribution >= 4 is 27.4 Å². The zero-order valence-corrected chi connectivity index (χ0v) is 19.1. The third-order valence-corrected chi connectivity index (χ3v) is 7.87. The van der Waals surface area contributed by atoms with Gasteiger partial charge in [0.1, 0.15) is 17.0 Å². The first kappa shape index (κ1) is 21.6. The first-order chi connectivity index (χ1) is 15.2. The first-order valence-electron chi connectivity index (χ1n) is 11.0. The van der Waals surface area contributed by atoms with Gasteiger partial charge in [-0.05, 0) is 38.3 Å². The Balaban J connectivity index is 1.24. The van der Waals surface area contributed by atoms with Crippen molar-refractivity contribution in [1.82, 2.24) is 14.9 Å². The van der Waals surface area contributed by atoms with Crippen LogP contribution < -0.4 is 4.90 Å². The molecule has 3 aromatic rings. The monoisotopic (exact) mass is 460 g/mol. The van der Waals surface area contributed by atoms with Crippen LogP contribution in [0.5, 0.6) is 0 Å². The Labute approximate surface area is 190 Å². The van der Waals surface area contributed by atoms with Gasteiger partial charge in [-0.1, -0.05) is 29.8 Å². The number of thiophene rings is 1. The molecule has 0 saturated carbocycles. The Bertz CT molecular complexity index is 1100. The van der Waals surface area contributed by atoms with Crippen LogP contribution in [0.2, 0.25) is 0 Å². The van der Waals surface area contributed by atoms with Crippen LogP contribution in [0.1, 0.15) is 29.3 Å². The average molecular weight is 461 g/mol. The molecule has 170 valence electrons. The number of aromatic nitrogens is 2. The number of halogens is 3. The molecule has 2 aliphatic heterocycles. The van der Waals surface area contributed by atoms with E-state index in [1.807, 2.05) is 0 Å². The van der Waals surface area contributed by atoms with Crippen molar-refractivity contribution in [3.63, 3.8) is 0 Å². The SMILES string of the molecule is Cc1ccc(CC(C)N2CC3(CCN(c4ncnc5sc(CC(F)(F)F)cc45)C3)C2)cc1. The number of anilines is 1. The van der Waals surface area contributed by atoms with E-state index in [4.69, 9.17) is 0 Å². The molecule has 4 nitrogen and oxygen atoms in total. The van der Waals surface area contributed by atoms with Crippen LogP contribution in [0.4, 0.5) is 19.0 Å². The summed E-state index contributed by atoms with van der Waals surface area (Å²) in [5.41, 5.74) is 2.90. The Morgan fingerprint density at radius 3 is 2.59 bits per heavy atom. The number of alkyl halides is 3. The fourth-order valence-corrected chi connectivity index (χ4v) is 6.15. The lowest BCUT2D eigenvalue weighted by Crippen LogP contribution is -2.60. The predicted octanol–water partition coefficient (Wildman–Crippen LogP) is 5.25. The molecular formula is C24H27F3N4S. The highest BCUT2D eigenvalue weighted by molar-refractivity contribution is 7.18. The van der Waals surface area contributed by atoms with Gasteiger partial charge in [0.15, 0.2) is 0 Å². The van der Waals surface area contributed by atoms with Crippen LogP contribution in [0, 0.1) is 12.3 Å². The second-order valence-electron chi connectivity index (χ2n) is 9.54. The number of hydrogen-bond donors (Lipinski definition) is 0. The summed E-state index contributed by atoms with van der Waals surface area (Å²) in [5.74, 6) is 0.780. The smallest absolute Gasteiger partial charge is 0.355 e. The summed E-state index contributed by atoms with van der Waals surface area (Å²) in [6.45, 7) is 8.31. The Kier molecular flexibility index (Phi) is 5.40. The minimum atomic E-state index is -4.21. The molecule has 4 heterocycles. The number of nitrogens with zero attached hydrogens (tertiary/aromatic N) is 4. The van der Waals surface area contributed by atoms with Crippen LogP contribution in [0.3, 0.4) is 0 Å². The van der Waals surface area contributed by atoms with E-state index in [9.17, 15) is 13.2 Å². The maximum Gasteiger partial charge on any atom is 0.393 e. The van der Waals surface area contributed by atoms with Gasteiger partial charge in [0.25, 0.3) is 0 Å². The number of hydrogen-bond acceptors (Lipinski definition) is 5. The van der Waals surface area contributed by atoms with Crippen LogP contribution in [0.25, 0.3) is 10.2 Å². The second kappa shape index (κ2) is 7.99. The molecule has 1 spiro atoms. The molecule has 5 rings (SSSR count). The zero-order chi connectivity index (χ0) is 22.5. The van der Waals surface area contributed by atoms with Gasteiger partial charge in [-0.3, -0.25) is 4.90 Å². The Morgan fingerprint density at radius 1 is 1.12 bits per heavy atom.